The summed E-state index contributed by atoms with van der Waals surface area (Å²) in [6, 6.07) is 1.71. The van der Waals surface area contributed by atoms with E-state index < -0.39 is 0 Å². The highest BCUT2D eigenvalue weighted by Gasteiger charge is 2.27. The lowest BCUT2D eigenvalue weighted by Gasteiger charge is -2.31. The molecule has 1 atom stereocenters. The summed E-state index contributed by atoms with van der Waals surface area (Å²) >= 11 is 0. The van der Waals surface area contributed by atoms with Gasteiger partial charge in [-0.1, -0.05) is 5.16 Å². The Kier molecular flexibility index (Phi) is 4.83. The van der Waals surface area contributed by atoms with E-state index in [1.807, 2.05) is 4.90 Å². The van der Waals surface area contributed by atoms with Crippen molar-refractivity contribution in [3.63, 3.8) is 0 Å². The van der Waals surface area contributed by atoms with Gasteiger partial charge < -0.3 is 18.6 Å². The Balaban J connectivity index is 1.36. The molecule has 0 radical (unpaired) electrons. The van der Waals surface area contributed by atoms with Crippen LogP contribution >= 0.6 is 0 Å². The summed E-state index contributed by atoms with van der Waals surface area (Å²) in [5, 5.41) is 4.17. The summed E-state index contributed by atoms with van der Waals surface area (Å²) in [5.74, 6) is 2.22. The van der Waals surface area contributed by atoms with Gasteiger partial charge in [-0.05, 0) is 37.7 Å². The van der Waals surface area contributed by atoms with E-state index in [0.29, 0.717) is 23.3 Å². The van der Waals surface area contributed by atoms with Crippen molar-refractivity contribution in [3.8, 4) is 0 Å². The molecule has 0 aliphatic carbocycles. The molecule has 1 amide bonds. The maximum Gasteiger partial charge on any atom is 0.257 e. The van der Waals surface area contributed by atoms with Gasteiger partial charge in [0.15, 0.2) is 5.82 Å². The van der Waals surface area contributed by atoms with E-state index in [-0.39, 0.29) is 5.91 Å². The van der Waals surface area contributed by atoms with Gasteiger partial charge in [0.1, 0.15) is 6.26 Å². The quantitative estimate of drug-likeness (QED) is 0.847. The number of piperidine rings is 1. The van der Waals surface area contributed by atoms with E-state index in [2.05, 4.69) is 10.1 Å². The molecule has 2 aliphatic rings. The lowest BCUT2D eigenvalue weighted by Crippen LogP contribution is -2.40. The van der Waals surface area contributed by atoms with Crippen LogP contribution in [0.25, 0.3) is 0 Å². The second kappa shape index (κ2) is 7.39. The molecule has 2 aromatic rings. The molecule has 0 spiro atoms. The molecule has 1 unspecified atom stereocenters. The first-order valence-corrected chi connectivity index (χ1v) is 9.01. The Morgan fingerprint density at radius 1 is 1.28 bits per heavy atom. The molecule has 4 heterocycles. The third-order valence-corrected chi connectivity index (χ3v) is 5.11. The fourth-order valence-corrected chi connectivity index (χ4v) is 3.70. The number of rotatable bonds is 4. The Hall–Kier alpha value is -2.15. The molecular weight excluding hydrogens is 322 g/mol. The Morgan fingerprint density at radius 3 is 2.96 bits per heavy atom. The van der Waals surface area contributed by atoms with Crippen molar-refractivity contribution in [2.24, 2.45) is 5.92 Å². The molecule has 2 saturated heterocycles. The van der Waals surface area contributed by atoms with Crippen LogP contribution in [-0.4, -0.2) is 47.3 Å². The van der Waals surface area contributed by atoms with Crippen LogP contribution in [0.2, 0.25) is 0 Å². The zero-order chi connectivity index (χ0) is 17.1. The summed E-state index contributed by atoms with van der Waals surface area (Å²) in [6.07, 6.45) is 7.74. The highest BCUT2D eigenvalue weighted by Crippen LogP contribution is 2.26. The van der Waals surface area contributed by atoms with Gasteiger partial charge >= 0.3 is 0 Å². The third kappa shape index (κ3) is 3.76. The van der Waals surface area contributed by atoms with Crippen LogP contribution in [0.4, 0.5) is 0 Å². The minimum atomic E-state index is 0.0341. The molecule has 7 nitrogen and oxygen atoms in total. The molecule has 4 rings (SSSR count). The van der Waals surface area contributed by atoms with Gasteiger partial charge in [0.05, 0.1) is 11.8 Å². The second-order valence-electron chi connectivity index (χ2n) is 6.91. The van der Waals surface area contributed by atoms with Crippen molar-refractivity contribution in [1.82, 2.24) is 15.0 Å². The van der Waals surface area contributed by atoms with Crippen molar-refractivity contribution in [1.29, 1.82) is 0 Å². The molecule has 0 N–H and O–H groups in total. The SMILES string of the molecule is O=C(c1ccoc1)N1CCCC(Cc2nc(C3CCOCC3)no2)C1. The van der Waals surface area contributed by atoms with E-state index in [1.165, 1.54) is 12.5 Å². The Labute approximate surface area is 146 Å². The summed E-state index contributed by atoms with van der Waals surface area (Å²) in [6.45, 7) is 3.04. The van der Waals surface area contributed by atoms with Crippen molar-refractivity contribution in [3.05, 3.63) is 35.9 Å². The standard InChI is InChI=1S/C18H23N3O4/c22-18(15-5-9-24-12-15)21-6-1-2-13(11-21)10-16-19-17(20-25-16)14-3-7-23-8-4-14/h5,9,12-14H,1-4,6-8,10-11H2. The maximum atomic E-state index is 12.5. The van der Waals surface area contributed by atoms with E-state index in [4.69, 9.17) is 13.7 Å². The fraction of sp³-hybridized carbons (Fsp3) is 0.611. The van der Waals surface area contributed by atoms with Crippen LogP contribution < -0.4 is 0 Å². The third-order valence-electron chi connectivity index (χ3n) is 5.11. The van der Waals surface area contributed by atoms with Crippen LogP contribution in [0.5, 0.6) is 0 Å². The molecular formula is C18H23N3O4. The summed E-state index contributed by atoms with van der Waals surface area (Å²) < 4.78 is 15.9. The molecule has 2 aliphatic heterocycles. The monoisotopic (exact) mass is 345 g/mol. The number of aromatic nitrogens is 2. The van der Waals surface area contributed by atoms with E-state index in [0.717, 1.165) is 64.2 Å². The van der Waals surface area contributed by atoms with Crippen molar-refractivity contribution in [2.75, 3.05) is 26.3 Å². The topological polar surface area (TPSA) is 81.6 Å². The van der Waals surface area contributed by atoms with Crippen LogP contribution in [0.3, 0.4) is 0 Å². The first-order valence-electron chi connectivity index (χ1n) is 9.01. The zero-order valence-corrected chi connectivity index (χ0v) is 14.2. The highest BCUT2D eigenvalue weighted by atomic mass is 16.5. The van der Waals surface area contributed by atoms with Gasteiger partial charge in [-0.3, -0.25) is 4.79 Å². The number of furan rings is 1. The zero-order valence-electron chi connectivity index (χ0n) is 14.2. The number of ether oxygens (including phenoxy) is 1. The lowest BCUT2D eigenvalue weighted by molar-refractivity contribution is 0.0667. The summed E-state index contributed by atoms with van der Waals surface area (Å²) in [4.78, 5) is 19.0. The van der Waals surface area contributed by atoms with Gasteiger partial charge in [-0.15, -0.1) is 0 Å². The van der Waals surface area contributed by atoms with Gasteiger partial charge in [-0.2, -0.15) is 4.98 Å². The van der Waals surface area contributed by atoms with Gasteiger partial charge in [-0.25, -0.2) is 0 Å². The minimum Gasteiger partial charge on any atom is -0.472 e. The van der Waals surface area contributed by atoms with Crippen LogP contribution in [-0.2, 0) is 11.2 Å². The number of amides is 1. The first kappa shape index (κ1) is 16.3. The summed E-state index contributed by atoms with van der Waals surface area (Å²) in [5.41, 5.74) is 0.611. The van der Waals surface area contributed by atoms with E-state index in [1.54, 1.807) is 6.07 Å². The first-order chi connectivity index (χ1) is 12.3. The van der Waals surface area contributed by atoms with Crippen LogP contribution in [0.15, 0.2) is 27.5 Å². The lowest BCUT2D eigenvalue weighted by atomic mass is 9.94. The molecule has 134 valence electrons. The number of carbonyl (C=O) groups is 1. The molecule has 0 saturated carbocycles. The fourth-order valence-electron chi connectivity index (χ4n) is 3.70. The second-order valence-corrected chi connectivity index (χ2v) is 6.91. The molecule has 2 aromatic heterocycles. The smallest absolute Gasteiger partial charge is 0.257 e. The molecule has 7 heteroatoms. The molecule has 0 bridgehead atoms. The number of carbonyl (C=O) groups excluding carboxylic acids is 1. The van der Waals surface area contributed by atoms with E-state index in [9.17, 15) is 4.79 Å². The molecule has 0 aromatic carbocycles. The number of hydrogen-bond acceptors (Lipinski definition) is 6. The average Bonchev–Trinajstić information content (AvgIpc) is 3.34. The highest BCUT2D eigenvalue weighted by molar-refractivity contribution is 5.93. The number of likely N-dealkylation sites (tertiary alicyclic amines) is 1. The van der Waals surface area contributed by atoms with Crippen molar-refractivity contribution in [2.45, 2.75) is 38.0 Å². The number of nitrogens with zero attached hydrogens (tertiary/aromatic N) is 3. The predicted octanol–water partition coefficient (Wildman–Crippen LogP) is 2.65. The predicted molar refractivity (Wildman–Crippen MR) is 88.1 cm³/mol. The largest absolute Gasteiger partial charge is 0.472 e. The van der Waals surface area contributed by atoms with Crippen LogP contribution in [0, 0.1) is 5.92 Å². The Bertz CT molecular complexity index is 691. The molecule has 25 heavy (non-hydrogen) atoms. The van der Waals surface area contributed by atoms with Gasteiger partial charge in [0.2, 0.25) is 5.89 Å². The van der Waals surface area contributed by atoms with Crippen molar-refractivity contribution >= 4 is 5.91 Å². The van der Waals surface area contributed by atoms with Crippen molar-refractivity contribution < 1.29 is 18.5 Å². The van der Waals surface area contributed by atoms with Crippen LogP contribution in [0.1, 0.15) is 53.7 Å². The number of hydrogen-bond donors (Lipinski definition) is 0. The minimum absolute atomic E-state index is 0.0341. The average molecular weight is 345 g/mol. The van der Waals surface area contributed by atoms with E-state index >= 15 is 0 Å². The summed E-state index contributed by atoms with van der Waals surface area (Å²) in [7, 11) is 0. The maximum absolute atomic E-state index is 12.5. The van der Waals surface area contributed by atoms with Gasteiger partial charge in [0.25, 0.3) is 5.91 Å². The van der Waals surface area contributed by atoms with Gasteiger partial charge in [0, 0.05) is 38.6 Å². The molecule has 2 fully saturated rings. The normalized spacial score (nSPS) is 22.2. The Morgan fingerprint density at radius 2 is 2.16 bits per heavy atom.